The zero-order valence-electron chi connectivity index (χ0n) is 22.3. The van der Waals surface area contributed by atoms with Gasteiger partial charge in [0.25, 0.3) is 0 Å². The molecule has 2 heterocycles. The summed E-state index contributed by atoms with van der Waals surface area (Å²) in [6.45, 7) is 9.22. The quantitative estimate of drug-likeness (QED) is 0.415. The van der Waals surface area contributed by atoms with Gasteiger partial charge in [0.05, 0.1) is 0 Å². The van der Waals surface area contributed by atoms with Gasteiger partial charge in [0.1, 0.15) is 5.60 Å². The highest BCUT2D eigenvalue weighted by Crippen LogP contribution is 2.30. The Morgan fingerprint density at radius 1 is 0.838 bits per heavy atom. The van der Waals surface area contributed by atoms with Gasteiger partial charge in [-0.15, -0.1) is 0 Å². The van der Waals surface area contributed by atoms with Gasteiger partial charge in [-0.25, -0.2) is 4.79 Å². The second kappa shape index (κ2) is 13.8. The predicted octanol–water partition coefficient (Wildman–Crippen LogP) is 6.33. The Labute approximate surface area is 232 Å². The number of nitrogens with one attached hydrogen (secondary N) is 1. The Balaban J connectivity index is 0.000000220. The Kier molecular flexibility index (Phi) is 11.1. The topological polar surface area (TPSA) is 93.6 Å². The molecule has 0 radical (unpaired) electrons. The molecule has 1 amide bonds. The molecule has 2 saturated heterocycles. The lowest BCUT2D eigenvalue weighted by atomic mass is 9.86. The summed E-state index contributed by atoms with van der Waals surface area (Å²) >= 11 is 11.8. The first-order valence-corrected chi connectivity index (χ1v) is 14.0. The number of amides is 1. The molecule has 0 aromatic heterocycles. The molecule has 37 heavy (non-hydrogen) atoms. The van der Waals surface area contributed by atoms with Crippen LogP contribution in [0.5, 0.6) is 0 Å². The van der Waals surface area contributed by atoms with E-state index in [4.69, 9.17) is 39.4 Å². The van der Waals surface area contributed by atoms with E-state index in [2.05, 4.69) is 5.32 Å². The molecule has 8 heteroatoms. The van der Waals surface area contributed by atoms with E-state index < -0.39 is 5.60 Å². The third-order valence-electron chi connectivity index (χ3n) is 7.10. The fourth-order valence-corrected chi connectivity index (χ4v) is 5.14. The second-order valence-corrected chi connectivity index (χ2v) is 11.9. The monoisotopic (exact) mass is 548 g/mol. The van der Waals surface area contributed by atoms with Crippen LogP contribution in [-0.4, -0.2) is 42.8 Å². The Morgan fingerprint density at radius 3 is 1.65 bits per heavy atom. The third-order valence-corrected chi connectivity index (χ3v) is 7.60. The van der Waals surface area contributed by atoms with Crippen molar-refractivity contribution in [3.63, 3.8) is 0 Å². The summed E-state index contributed by atoms with van der Waals surface area (Å²) in [6, 6.07) is 15.7. The minimum atomic E-state index is -0.451. The van der Waals surface area contributed by atoms with Gasteiger partial charge in [-0.1, -0.05) is 47.5 Å². The summed E-state index contributed by atoms with van der Waals surface area (Å²) in [6.07, 6.45) is 3.89. The molecule has 6 nitrogen and oxygen atoms in total. The highest BCUT2D eigenvalue weighted by molar-refractivity contribution is 6.30. The number of hydrogen-bond donors (Lipinski definition) is 3. The van der Waals surface area contributed by atoms with Gasteiger partial charge in [-0.2, -0.15) is 0 Å². The summed E-state index contributed by atoms with van der Waals surface area (Å²) in [4.78, 5) is 13.8. The summed E-state index contributed by atoms with van der Waals surface area (Å²) in [5.74, 6) is 0.979. The minimum Gasteiger partial charge on any atom is -0.444 e. The van der Waals surface area contributed by atoms with Crippen LogP contribution in [0.25, 0.3) is 0 Å². The van der Waals surface area contributed by atoms with Crippen molar-refractivity contribution in [1.82, 2.24) is 10.2 Å². The average molecular weight is 550 g/mol. The van der Waals surface area contributed by atoms with Gasteiger partial charge in [0.15, 0.2) is 0 Å². The van der Waals surface area contributed by atoms with Crippen LogP contribution in [0.15, 0.2) is 48.5 Å². The number of carbonyl (C=O) groups excluding carboxylic acids is 1. The molecule has 0 spiro atoms. The van der Waals surface area contributed by atoms with Gasteiger partial charge >= 0.3 is 6.09 Å². The lowest BCUT2D eigenvalue weighted by Gasteiger charge is -2.35. The molecule has 0 bridgehead atoms. The molecule has 2 aliphatic heterocycles. The molecule has 2 aromatic carbocycles. The van der Waals surface area contributed by atoms with E-state index in [9.17, 15) is 4.79 Å². The van der Waals surface area contributed by atoms with E-state index >= 15 is 0 Å². The number of halogens is 2. The highest BCUT2D eigenvalue weighted by Gasteiger charge is 2.30. The van der Waals surface area contributed by atoms with E-state index in [0.29, 0.717) is 24.9 Å². The van der Waals surface area contributed by atoms with Crippen molar-refractivity contribution in [2.75, 3.05) is 26.2 Å². The zero-order chi connectivity index (χ0) is 27.0. The number of nitrogens with two attached hydrogens (primary N) is 2. The van der Waals surface area contributed by atoms with E-state index in [1.807, 2.05) is 69.3 Å². The SMILES string of the molecule is CC(C)(C)OC(=O)N1CCC(C(N)c2ccc(Cl)cc2)CC1.NC(c1ccc(Cl)cc1)C1CCNCC1. The first kappa shape index (κ1) is 29.7. The molecular formula is C29H42Cl2N4O2. The zero-order valence-corrected chi connectivity index (χ0v) is 23.8. The Hall–Kier alpha value is -1.83. The van der Waals surface area contributed by atoms with E-state index in [1.54, 1.807) is 4.90 Å². The summed E-state index contributed by atoms with van der Waals surface area (Å²) in [5.41, 5.74) is 14.5. The normalized spacial score (nSPS) is 18.9. The maximum atomic E-state index is 12.1. The molecule has 2 fully saturated rings. The van der Waals surface area contributed by atoms with Crippen molar-refractivity contribution < 1.29 is 9.53 Å². The van der Waals surface area contributed by atoms with Gasteiger partial charge in [0, 0.05) is 35.2 Å². The number of piperidine rings is 2. The van der Waals surface area contributed by atoms with Crippen molar-refractivity contribution >= 4 is 29.3 Å². The second-order valence-electron chi connectivity index (χ2n) is 11.0. The van der Waals surface area contributed by atoms with Crippen molar-refractivity contribution in [2.24, 2.45) is 23.3 Å². The van der Waals surface area contributed by atoms with E-state index in [0.717, 1.165) is 41.5 Å². The maximum absolute atomic E-state index is 12.1. The number of hydrogen-bond acceptors (Lipinski definition) is 5. The van der Waals surface area contributed by atoms with Crippen LogP contribution < -0.4 is 16.8 Å². The lowest BCUT2D eigenvalue weighted by molar-refractivity contribution is 0.0174. The molecule has 4 rings (SSSR count). The van der Waals surface area contributed by atoms with Crippen LogP contribution in [0.3, 0.4) is 0 Å². The molecule has 5 N–H and O–H groups in total. The highest BCUT2D eigenvalue weighted by atomic mass is 35.5. The summed E-state index contributed by atoms with van der Waals surface area (Å²) in [7, 11) is 0. The van der Waals surface area contributed by atoms with E-state index in [1.165, 1.54) is 18.4 Å². The molecule has 204 valence electrons. The molecule has 0 aliphatic carbocycles. The van der Waals surface area contributed by atoms with Crippen LogP contribution >= 0.6 is 23.2 Å². The standard InChI is InChI=1S/C17H25ClN2O2.C12H17ClN2/c1-17(2,3)22-16(21)20-10-8-13(9-11-20)15(19)12-4-6-14(18)7-5-12;13-11-3-1-9(2-4-11)12(14)10-5-7-15-8-6-10/h4-7,13,15H,8-11,19H2,1-3H3;1-4,10,12,15H,5-8,14H2. The van der Waals surface area contributed by atoms with Gasteiger partial charge < -0.3 is 26.4 Å². The predicted molar refractivity (Wildman–Crippen MR) is 153 cm³/mol. The van der Waals surface area contributed by atoms with Crippen LogP contribution in [0.4, 0.5) is 4.79 Å². The number of rotatable bonds is 4. The number of ether oxygens (including phenoxy) is 1. The number of carbonyl (C=O) groups is 1. The molecule has 0 saturated carbocycles. The molecule has 2 aromatic rings. The molecule has 2 atom stereocenters. The smallest absolute Gasteiger partial charge is 0.410 e. The lowest BCUT2D eigenvalue weighted by Crippen LogP contribution is -2.43. The van der Waals surface area contributed by atoms with Gasteiger partial charge in [0.2, 0.25) is 0 Å². The van der Waals surface area contributed by atoms with Crippen LogP contribution in [0, 0.1) is 11.8 Å². The van der Waals surface area contributed by atoms with Crippen molar-refractivity contribution in [3.05, 3.63) is 69.7 Å². The number of benzene rings is 2. The first-order valence-electron chi connectivity index (χ1n) is 13.2. The van der Waals surface area contributed by atoms with E-state index in [-0.39, 0.29) is 18.2 Å². The molecule has 2 unspecified atom stereocenters. The number of nitrogens with zero attached hydrogens (tertiary/aromatic N) is 1. The average Bonchev–Trinajstić information content (AvgIpc) is 2.89. The fourth-order valence-electron chi connectivity index (χ4n) is 4.89. The van der Waals surface area contributed by atoms with Crippen LogP contribution in [-0.2, 0) is 4.74 Å². The van der Waals surface area contributed by atoms with Crippen LogP contribution in [0.1, 0.15) is 69.7 Å². The summed E-state index contributed by atoms with van der Waals surface area (Å²) in [5, 5.41) is 4.85. The number of likely N-dealkylation sites (tertiary alicyclic amines) is 1. The Bertz CT molecular complexity index is 965. The summed E-state index contributed by atoms with van der Waals surface area (Å²) < 4.78 is 5.41. The molecule has 2 aliphatic rings. The van der Waals surface area contributed by atoms with Gasteiger partial charge in [-0.05, 0) is 107 Å². The maximum Gasteiger partial charge on any atom is 0.410 e. The van der Waals surface area contributed by atoms with Crippen molar-refractivity contribution in [3.8, 4) is 0 Å². The van der Waals surface area contributed by atoms with Gasteiger partial charge in [-0.3, -0.25) is 0 Å². The van der Waals surface area contributed by atoms with Crippen molar-refractivity contribution in [1.29, 1.82) is 0 Å². The molecular weight excluding hydrogens is 507 g/mol. The fraction of sp³-hybridized carbons (Fsp3) is 0.552. The first-order chi connectivity index (χ1) is 17.5. The third kappa shape index (κ3) is 9.45. The van der Waals surface area contributed by atoms with Crippen LogP contribution in [0.2, 0.25) is 10.0 Å². The Morgan fingerprint density at radius 2 is 1.24 bits per heavy atom. The largest absolute Gasteiger partial charge is 0.444 e. The minimum absolute atomic E-state index is 0.0157. The van der Waals surface area contributed by atoms with Crippen molar-refractivity contribution in [2.45, 2.75) is 64.1 Å².